The maximum absolute atomic E-state index is 12.1. The second-order valence-electron chi connectivity index (χ2n) is 6.58. The Kier molecular flexibility index (Phi) is 6.48. The van der Waals surface area contributed by atoms with Gasteiger partial charge in [0.05, 0.1) is 0 Å². The molecular formula is C21H21ClN2O2S. The third kappa shape index (κ3) is 5.55. The SMILES string of the molecule is CC(C)CNC(=O)c1csc(-c2ccc(OCc3ccc(Cl)cc3)cc2)n1. The van der Waals surface area contributed by atoms with Gasteiger partial charge in [-0.25, -0.2) is 4.98 Å². The maximum atomic E-state index is 12.1. The minimum absolute atomic E-state index is 0.130. The van der Waals surface area contributed by atoms with E-state index in [9.17, 15) is 4.79 Å². The fraction of sp³-hybridized carbons (Fsp3) is 0.238. The quantitative estimate of drug-likeness (QED) is 0.575. The number of benzene rings is 2. The Labute approximate surface area is 168 Å². The highest BCUT2D eigenvalue weighted by molar-refractivity contribution is 7.13. The van der Waals surface area contributed by atoms with E-state index in [1.807, 2.05) is 48.5 Å². The van der Waals surface area contributed by atoms with Crippen molar-refractivity contribution in [3.8, 4) is 16.3 Å². The molecule has 0 aliphatic rings. The molecule has 0 aliphatic heterocycles. The number of hydrogen-bond acceptors (Lipinski definition) is 4. The number of carbonyl (C=O) groups excluding carboxylic acids is 1. The highest BCUT2D eigenvalue weighted by Crippen LogP contribution is 2.26. The van der Waals surface area contributed by atoms with Crippen molar-refractivity contribution in [3.63, 3.8) is 0 Å². The highest BCUT2D eigenvalue weighted by atomic mass is 35.5. The lowest BCUT2D eigenvalue weighted by Gasteiger charge is -2.07. The molecule has 0 aliphatic carbocycles. The van der Waals surface area contributed by atoms with E-state index < -0.39 is 0 Å². The van der Waals surface area contributed by atoms with Crippen molar-refractivity contribution < 1.29 is 9.53 Å². The molecule has 0 spiro atoms. The zero-order chi connectivity index (χ0) is 19.2. The molecule has 0 bridgehead atoms. The zero-order valence-corrected chi connectivity index (χ0v) is 16.8. The van der Waals surface area contributed by atoms with Crippen molar-refractivity contribution in [2.75, 3.05) is 6.54 Å². The lowest BCUT2D eigenvalue weighted by atomic mass is 10.2. The molecule has 0 radical (unpaired) electrons. The molecule has 0 fully saturated rings. The molecule has 3 aromatic rings. The molecule has 1 heterocycles. The summed E-state index contributed by atoms with van der Waals surface area (Å²) < 4.78 is 5.80. The van der Waals surface area contributed by atoms with Gasteiger partial charge in [-0.2, -0.15) is 0 Å². The van der Waals surface area contributed by atoms with Crippen LogP contribution in [0, 0.1) is 5.92 Å². The third-order valence-electron chi connectivity index (χ3n) is 3.83. The van der Waals surface area contributed by atoms with E-state index in [2.05, 4.69) is 24.1 Å². The summed E-state index contributed by atoms with van der Waals surface area (Å²) in [5.41, 5.74) is 2.47. The number of amides is 1. The number of carbonyl (C=O) groups is 1. The summed E-state index contributed by atoms with van der Waals surface area (Å²) in [5.74, 6) is 1.06. The first-order valence-corrected chi connectivity index (χ1v) is 9.98. The summed E-state index contributed by atoms with van der Waals surface area (Å²) in [6, 6.07) is 15.3. The van der Waals surface area contributed by atoms with Gasteiger partial charge in [0.2, 0.25) is 0 Å². The van der Waals surface area contributed by atoms with E-state index in [-0.39, 0.29) is 5.91 Å². The first-order chi connectivity index (χ1) is 13.0. The topological polar surface area (TPSA) is 51.2 Å². The van der Waals surface area contributed by atoms with Gasteiger partial charge in [0.1, 0.15) is 23.1 Å². The fourth-order valence-corrected chi connectivity index (χ4v) is 3.27. The number of nitrogens with one attached hydrogen (secondary N) is 1. The predicted molar refractivity (Wildman–Crippen MR) is 111 cm³/mol. The highest BCUT2D eigenvalue weighted by Gasteiger charge is 2.12. The Morgan fingerprint density at radius 2 is 1.85 bits per heavy atom. The van der Waals surface area contributed by atoms with E-state index >= 15 is 0 Å². The summed E-state index contributed by atoms with van der Waals surface area (Å²) >= 11 is 7.34. The maximum Gasteiger partial charge on any atom is 0.270 e. The van der Waals surface area contributed by atoms with Gasteiger partial charge in [0.15, 0.2) is 0 Å². The standard InChI is InChI=1S/C21H21ClN2O2S/c1-14(2)11-23-20(25)19-13-27-21(24-19)16-5-9-18(10-6-16)26-12-15-3-7-17(22)8-4-15/h3-10,13-14H,11-12H2,1-2H3,(H,23,25). The molecule has 27 heavy (non-hydrogen) atoms. The molecule has 0 unspecified atom stereocenters. The normalized spacial score (nSPS) is 10.8. The van der Waals surface area contributed by atoms with Crippen LogP contribution in [0.2, 0.25) is 5.02 Å². The van der Waals surface area contributed by atoms with Crippen LogP contribution in [0.1, 0.15) is 29.9 Å². The Morgan fingerprint density at radius 3 is 2.52 bits per heavy atom. The molecule has 4 nitrogen and oxygen atoms in total. The number of hydrogen-bond donors (Lipinski definition) is 1. The van der Waals surface area contributed by atoms with Crippen molar-refractivity contribution in [1.82, 2.24) is 10.3 Å². The number of rotatable bonds is 7. The Hall–Kier alpha value is -2.37. The van der Waals surface area contributed by atoms with E-state index in [0.29, 0.717) is 29.8 Å². The number of nitrogens with zero attached hydrogens (tertiary/aromatic N) is 1. The summed E-state index contributed by atoms with van der Waals surface area (Å²) in [6.07, 6.45) is 0. The van der Waals surface area contributed by atoms with Gasteiger partial charge < -0.3 is 10.1 Å². The third-order valence-corrected chi connectivity index (χ3v) is 4.97. The zero-order valence-electron chi connectivity index (χ0n) is 15.2. The molecule has 140 valence electrons. The minimum Gasteiger partial charge on any atom is -0.489 e. The van der Waals surface area contributed by atoms with Gasteiger partial charge in [-0.3, -0.25) is 4.79 Å². The van der Waals surface area contributed by atoms with Crippen LogP contribution in [0.5, 0.6) is 5.75 Å². The number of aromatic nitrogens is 1. The first kappa shape index (κ1) is 19.4. The first-order valence-electron chi connectivity index (χ1n) is 8.72. The fourth-order valence-electron chi connectivity index (χ4n) is 2.34. The van der Waals surface area contributed by atoms with E-state index in [1.54, 1.807) is 5.38 Å². The van der Waals surface area contributed by atoms with E-state index in [1.165, 1.54) is 11.3 Å². The van der Waals surface area contributed by atoms with Gasteiger partial charge in [0.25, 0.3) is 5.91 Å². The average molecular weight is 401 g/mol. The number of ether oxygens (including phenoxy) is 1. The summed E-state index contributed by atoms with van der Waals surface area (Å²) in [5, 5.41) is 6.20. The van der Waals surface area contributed by atoms with Gasteiger partial charge in [-0.05, 0) is 47.9 Å². The van der Waals surface area contributed by atoms with Gasteiger partial charge >= 0.3 is 0 Å². The summed E-state index contributed by atoms with van der Waals surface area (Å²) in [4.78, 5) is 16.5. The monoisotopic (exact) mass is 400 g/mol. The largest absolute Gasteiger partial charge is 0.489 e. The van der Waals surface area contributed by atoms with Gasteiger partial charge in [-0.15, -0.1) is 11.3 Å². The second-order valence-corrected chi connectivity index (χ2v) is 7.88. The molecule has 0 saturated carbocycles. The van der Waals surface area contributed by atoms with Crippen LogP contribution in [0.4, 0.5) is 0 Å². The Bertz CT molecular complexity index is 889. The molecule has 6 heteroatoms. The van der Waals surface area contributed by atoms with Crippen LogP contribution in [0.25, 0.3) is 10.6 Å². The van der Waals surface area contributed by atoms with Gasteiger partial charge in [0, 0.05) is 22.5 Å². The smallest absolute Gasteiger partial charge is 0.270 e. The van der Waals surface area contributed by atoms with Crippen LogP contribution in [0.15, 0.2) is 53.9 Å². The van der Waals surface area contributed by atoms with Crippen LogP contribution in [-0.4, -0.2) is 17.4 Å². The molecule has 2 aromatic carbocycles. The van der Waals surface area contributed by atoms with Crippen LogP contribution < -0.4 is 10.1 Å². The lowest BCUT2D eigenvalue weighted by Crippen LogP contribution is -2.27. The van der Waals surface area contributed by atoms with Crippen molar-refractivity contribution in [2.24, 2.45) is 5.92 Å². The molecular weight excluding hydrogens is 380 g/mol. The van der Waals surface area contributed by atoms with Crippen LogP contribution in [0.3, 0.4) is 0 Å². The van der Waals surface area contributed by atoms with E-state index in [0.717, 1.165) is 21.9 Å². The van der Waals surface area contributed by atoms with Crippen molar-refractivity contribution in [2.45, 2.75) is 20.5 Å². The second kappa shape index (κ2) is 9.02. The van der Waals surface area contributed by atoms with Gasteiger partial charge in [-0.1, -0.05) is 37.6 Å². The van der Waals surface area contributed by atoms with Crippen molar-refractivity contribution in [1.29, 1.82) is 0 Å². The number of thiazole rings is 1. The average Bonchev–Trinajstić information content (AvgIpc) is 3.16. The molecule has 3 rings (SSSR count). The van der Waals surface area contributed by atoms with Crippen LogP contribution >= 0.6 is 22.9 Å². The Morgan fingerprint density at radius 1 is 1.15 bits per heavy atom. The summed E-state index contributed by atoms with van der Waals surface area (Å²) in [7, 11) is 0. The summed E-state index contributed by atoms with van der Waals surface area (Å²) in [6.45, 7) is 5.24. The van der Waals surface area contributed by atoms with Crippen molar-refractivity contribution in [3.05, 3.63) is 70.2 Å². The lowest BCUT2D eigenvalue weighted by molar-refractivity contribution is 0.0945. The molecule has 1 aromatic heterocycles. The molecule has 0 saturated heterocycles. The molecule has 1 N–H and O–H groups in total. The Balaban J connectivity index is 1.60. The predicted octanol–water partition coefficient (Wildman–Crippen LogP) is 5.43. The van der Waals surface area contributed by atoms with Crippen LogP contribution in [-0.2, 0) is 6.61 Å². The molecule has 1 amide bonds. The number of halogens is 1. The minimum atomic E-state index is -0.130. The van der Waals surface area contributed by atoms with Crippen molar-refractivity contribution >= 4 is 28.8 Å². The molecule has 0 atom stereocenters. The van der Waals surface area contributed by atoms with E-state index in [4.69, 9.17) is 16.3 Å².